The molecule has 100 valence electrons. The van der Waals surface area contributed by atoms with Crippen LogP contribution in [0.2, 0.25) is 0 Å². The molecule has 0 unspecified atom stereocenters. The number of aromatic nitrogens is 1. The Bertz CT molecular complexity index is 434. The van der Waals surface area contributed by atoms with Crippen LogP contribution in [-0.2, 0) is 4.74 Å². The number of carboxylic acid groups (broad SMARTS) is 1. The van der Waals surface area contributed by atoms with Crippen molar-refractivity contribution in [2.24, 2.45) is 0 Å². The predicted molar refractivity (Wildman–Crippen MR) is 70.1 cm³/mol. The Morgan fingerprint density at radius 1 is 1.56 bits per heavy atom. The lowest BCUT2D eigenvalue weighted by atomic mass is 10.1. The van der Waals surface area contributed by atoms with Crippen LogP contribution < -0.4 is 4.74 Å². The van der Waals surface area contributed by atoms with Gasteiger partial charge in [0.2, 0.25) is 0 Å². The first-order valence-electron chi connectivity index (χ1n) is 5.42. The number of rotatable bonds is 6. The molecular formula is C12H16BrNO4. The highest BCUT2D eigenvalue weighted by molar-refractivity contribution is 9.10. The Morgan fingerprint density at radius 3 is 2.78 bits per heavy atom. The smallest absolute Gasteiger partial charge is 0.358 e. The molecule has 0 radical (unpaired) electrons. The van der Waals surface area contributed by atoms with Crippen molar-refractivity contribution in [3.05, 3.63) is 22.4 Å². The van der Waals surface area contributed by atoms with E-state index in [4.69, 9.17) is 14.6 Å². The standard InChI is InChI=1S/C12H16BrNO4/c1-12(2,17-3)4-5-18-9-6-8(13)7-14-10(9)11(15)16/h6-7H,4-5H2,1-3H3,(H,15,16). The van der Waals surface area contributed by atoms with Gasteiger partial charge in [0.05, 0.1) is 12.2 Å². The molecule has 0 spiro atoms. The minimum Gasteiger partial charge on any atom is -0.491 e. The Morgan fingerprint density at radius 2 is 2.22 bits per heavy atom. The maximum absolute atomic E-state index is 11.0. The van der Waals surface area contributed by atoms with E-state index in [1.54, 1.807) is 13.2 Å². The van der Waals surface area contributed by atoms with Gasteiger partial charge in [0.25, 0.3) is 0 Å². The molecule has 0 aliphatic carbocycles. The number of aromatic carboxylic acids is 1. The van der Waals surface area contributed by atoms with E-state index in [2.05, 4.69) is 20.9 Å². The Balaban J connectivity index is 2.72. The zero-order chi connectivity index (χ0) is 13.8. The molecule has 0 atom stereocenters. The van der Waals surface area contributed by atoms with Crippen molar-refractivity contribution in [1.29, 1.82) is 0 Å². The third-order valence-electron chi connectivity index (χ3n) is 2.54. The predicted octanol–water partition coefficient (Wildman–Crippen LogP) is 2.74. The molecule has 0 saturated carbocycles. The SMILES string of the molecule is COC(C)(C)CCOc1cc(Br)cnc1C(=O)O. The number of hydrogen-bond donors (Lipinski definition) is 1. The molecule has 0 aliphatic rings. The van der Waals surface area contributed by atoms with E-state index in [1.165, 1.54) is 6.20 Å². The molecule has 1 aromatic rings. The number of hydrogen-bond acceptors (Lipinski definition) is 4. The van der Waals surface area contributed by atoms with E-state index in [1.807, 2.05) is 13.8 Å². The molecule has 1 N–H and O–H groups in total. The number of pyridine rings is 1. The molecule has 0 aromatic carbocycles. The third-order valence-corrected chi connectivity index (χ3v) is 2.97. The van der Waals surface area contributed by atoms with E-state index < -0.39 is 5.97 Å². The van der Waals surface area contributed by atoms with Gasteiger partial charge in [-0.05, 0) is 35.8 Å². The van der Waals surface area contributed by atoms with Gasteiger partial charge in [-0.15, -0.1) is 0 Å². The normalized spacial score (nSPS) is 11.3. The van der Waals surface area contributed by atoms with E-state index in [0.29, 0.717) is 17.5 Å². The van der Waals surface area contributed by atoms with Crippen LogP contribution in [0.25, 0.3) is 0 Å². The number of halogens is 1. The summed E-state index contributed by atoms with van der Waals surface area (Å²) in [5.74, 6) is -0.854. The highest BCUT2D eigenvalue weighted by Gasteiger charge is 2.18. The van der Waals surface area contributed by atoms with Gasteiger partial charge in [0.1, 0.15) is 0 Å². The molecule has 0 amide bonds. The number of carboxylic acids is 1. The van der Waals surface area contributed by atoms with Gasteiger partial charge in [-0.2, -0.15) is 0 Å². The number of ether oxygens (including phenoxy) is 2. The van der Waals surface area contributed by atoms with Crippen LogP contribution in [0.5, 0.6) is 5.75 Å². The molecular weight excluding hydrogens is 302 g/mol. The highest BCUT2D eigenvalue weighted by atomic mass is 79.9. The van der Waals surface area contributed by atoms with Crippen LogP contribution in [0.15, 0.2) is 16.7 Å². The van der Waals surface area contributed by atoms with E-state index in [9.17, 15) is 4.79 Å². The van der Waals surface area contributed by atoms with E-state index >= 15 is 0 Å². The van der Waals surface area contributed by atoms with Crippen molar-refractivity contribution in [3.63, 3.8) is 0 Å². The van der Waals surface area contributed by atoms with Crippen LogP contribution >= 0.6 is 15.9 Å². The van der Waals surface area contributed by atoms with Crippen molar-refractivity contribution >= 4 is 21.9 Å². The maximum atomic E-state index is 11.0. The summed E-state index contributed by atoms with van der Waals surface area (Å²) in [6.07, 6.45) is 2.07. The molecule has 1 rings (SSSR count). The molecule has 18 heavy (non-hydrogen) atoms. The molecule has 1 aromatic heterocycles. The molecule has 1 heterocycles. The van der Waals surface area contributed by atoms with Crippen LogP contribution in [0.3, 0.4) is 0 Å². The fraction of sp³-hybridized carbons (Fsp3) is 0.500. The first-order valence-corrected chi connectivity index (χ1v) is 6.22. The Hall–Kier alpha value is -1.14. The quantitative estimate of drug-likeness (QED) is 0.873. The number of carbonyl (C=O) groups is 1. The number of nitrogens with zero attached hydrogens (tertiary/aromatic N) is 1. The average Bonchev–Trinajstić information content (AvgIpc) is 2.28. The fourth-order valence-corrected chi connectivity index (χ4v) is 1.51. The van der Waals surface area contributed by atoms with E-state index in [-0.39, 0.29) is 17.0 Å². The van der Waals surface area contributed by atoms with Crippen LogP contribution in [0.4, 0.5) is 0 Å². The monoisotopic (exact) mass is 317 g/mol. The summed E-state index contributed by atoms with van der Waals surface area (Å²) in [5, 5.41) is 8.98. The van der Waals surface area contributed by atoms with Crippen molar-refractivity contribution < 1.29 is 19.4 Å². The molecule has 6 heteroatoms. The van der Waals surface area contributed by atoms with Crippen molar-refractivity contribution in [2.45, 2.75) is 25.9 Å². The molecule has 0 saturated heterocycles. The van der Waals surface area contributed by atoms with Crippen molar-refractivity contribution in [1.82, 2.24) is 4.98 Å². The van der Waals surface area contributed by atoms with Crippen LogP contribution in [-0.4, -0.2) is 35.4 Å². The fourth-order valence-electron chi connectivity index (χ4n) is 1.20. The minimum absolute atomic E-state index is 0.0894. The van der Waals surface area contributed by atoms with Gasteiger partial charge in [-0.1, -0.05) is 0 Å². The third kappa shape index (κ3) is 4.27. The van der Waals surface area contributed by atoms with E-state index in [0.717, 1.165) is 0 Å². The minimum atomic E-state index is -1.11. The second-order valence-electron chi connectivity index (χ2n) is 4.37. The van der Waals surface area contributed by atoms with Gasteiger partial charge in [0, 0.05) is 24.2 Å². The van der Waals surface area contributed by atoms with Crippen molar-refractivity contribution in [2.75, 3.05) is 13.7 Å². The second kappa shape index (κ2) is 6.15. The molecule has 0 fully saturated rings. The lowest BCUT2D eigenvalue weighted by molar-refractivity contribution is 0.00533. The Labute approximate surface area is 114 Å². The van der Waals surface area contributed by atoms with Gasteiger partial charge < -0.3 is 14.6 Å². The van der Waals surface area contributed by atoms with Gasteiger partial charge >= 0.3 is 5.97 Å². The van der Waals surface area contributed by atoms with Gasteiger partial charge in [-0.25, -0.2) is 9.78 Å². The summed E-state index contributed by atoms with van der Waals surface area (Å²) in [7, 11) is 1.63. The zero-order valence-electron chi connectivity index (χ0n) is 10.6. The molecule has 0 aliphatic heterocycles. The lowest BCUT2D eigenvalue weighted by Crippen LogP contribution is -2.25. The topological polar surface area (TPSA) is 68.7 Å². The first-order chi connectivity index (χ1) is 8.35. The van der Waals surface area contributed by atoms with Gasteiger partial charge in [-0.3, -0.25) is 0 Å². The van der Waals surface area contributed by atoms with Crippen molar-refractivity contribution in [3.8, 4) is 5.75 Å². The summed E-state index contributed by atoms with van der Waals surface area (Å²) >= 11 is 3.23. The average molecular weight is 318 g/mol. The van der Waals surface area contributed by atoms with Crippen LogP contribution in [0, 0.1) is 0 Å². The Kier molecular flexibility index (Phi) is 5.10. The number of methoxy groups -OCH3 is 1. The zero-order valence-corrected chi connectivity index (χ0v) is 12.2. The second-order valence-corrected chi connectivity index (χ2v) is 5.28. The van der Waals surface area contributed by atoms with Gasteiger partial charge in [0.15, 0.2) is 11.4 Å². The maximum Gasteiger partial charge on any atom is 0.358 e. The lowest BCUT2D eigenvalue weighted by Gasteiger charge is -2.22. The highest BCUT2D eigenvalue weighted by Crippen LogP contribution is 2.22. The summed E-state index contributed by atoms with van der Waals surface area (Å²) in [6.45, 7) is 4.24. The summed E-state index contributed by atoms with van der Waals surface area (Å²) in [6, 6.07) is 1.59. The molecule has 0 bridgehead atoms. The molecule has 5 nitrogen and oxygen atoms in total. The summed E-state index contributed by atoms with van der Waals surface area (Å²) in [4.78, 5) is 14.8. The van der Waals surface area contributed by atoms with Crippen LogP contribution in [0.1, 0.15) is 30.8 Å². The largest absolute Gasteiger partial charge is 0.491 e. The first kappa shape index (κ1) is 14.9. The summed E-state index contributed by atoms with van der Waals surface area (Å²) in [5.41, 5.74) is -0.392. The summed E-state index contributed by atoms with van der Waals surface area (Å²) < 4.78 is 11.4.